The molecule has 2 heterocycles. The summed E-state index contributed by atoms with van der Waals surface area (Å²) in [7, 11) is 3.47. The van der Waals surface area contributed by atoms with Gasteiger partial charge in [0.2, 0.25) is 0 Å². The van der Waals surface area contributed by atoms with Crippen LogP contribution in [0.1, 0.15) is 22.3 Å². The predicted molar refractivity (Wildman–Crippen MR) is 276 cm³/mol. The Balaban J connectivity index is 1.02. The predicted octanol–water partition coefficient (Wildman–Crippen LogP) is 15.8. The zero-order chi connectivity index (χ0) is 43.9. The average Bonchev–Trinajstić information content (AvgIpc) is 4.05. The van der Waals surface area contributed by atoms with E-state index in [-0.39, 0.29) is 0 Å². The van der Waals surface area contributed by atoms with Crippen molar-refractivity contribution in [3.63, 3.8) is 0 Å². The summed E-state index contributed by atoms with van der Waals surface area (Å²) in [5.41, 5.74) is 15.9. The van der Waals surface area contributed by atoms with Gasteiger partial charge in [-0.3, -0.25) is 9.98 Å². The van der Waals surface area contributed by atoms with Gasteiger partial charge in [-0.25, -0.2) is 0 Å². The molecule has 2 aliphatic heterocycles. The maximum absolute atomic E-state index is 6.06. The second-order valence-electron chi connectivity index (χ2n) is 17.5. The van der Waals surface area contributed by atoms with E-state index in [1.807, 2.05) is 12.1 Å². The van der Waals surface area contributed by atoms with Gasteiger partial charge in [-0.05, 0) is 148 Å². The Kier molecular flexibility index (Phi) is 8.75. The van der Waals surface area contributed by atoms with E-state index in [0.717, 1.165) is 79.1 Å². The molecule has 13 rings (SSSR count). The third-order valence-corrected chi connectivity index (χ3v) is 13.9. The minimum atomic E-state index is 0.699. The Morgan fingerprint density at radius 1 is 0.333 bits per heavy atom. The van der Waals surface area contributed by atoms with Gasteiger partial charge in [0.15, 0.2) is 0 Å². The normalized spacial score (nSPS) is 13.1. The number of hydrogen-bond acceptors (Lipinski definition) is 4. The van der Waals surface area contributed by atoms with Crippen molar-refractivity contribution in [1.82, 2.24) is 0 Å². The number of rotatable bonds is 7. The molecule has 0 atom stereocenters. The zero-order valence-corrected chi connectivity index (χ0v) is 36.6. The van der Waals surface area contributed by atoms with E-state index in [9.17, 15) is 0 Å². The number of aliphatic imine (C=N–C) groups is 2. The summed E-state index contributed by atoms with van der Waals surface area (Å²) in [6.07, 6.45) is 1.45. The van der Waals surface area contributed by atoms with Crippen molar-refractivity contribution in [2.24, 2.45) is 9.98 Å². The molecule has 0 N–H and O–H groups in total. The fourth-order valence-electron chi connectivity index (χ4n) is 10.7. The van der Waals surface area contributed by atoms with Gasteiger partial charge in [-0.15, -0.1) is 0 Å². The lowest BCUT2D eigenvalue weighted by Crippen LogP contribution is -2.05. The highest BCUT2D eigenvalue weighted by molar-refractivity contribution is 6.25. The second-order valence-corrected chi connectivity index (χ2v) is 17.5. The standard InChI is InChI=1S/C62H42N2O2/c1-65-45-24-17-40(18-25-45)57-35-55-51-31-41(37-11-5-3-6-12-37)19-26-47(51)49-28-21-43(33-53(49)61(55)63-57)44-22-29-50-48-27-20-42(38-13-7-4-8-14-38)32-52(48)56-36-58(64-62(56)54(50)34-44)60-46-16-10-9-15-39(46)23-30-59(60)66-2/h3-34H,35-36H2,1-2H3. The number of methoxy groups -OCH3 is 2. The molecule has 4 nitrogen and oxygen atoms in total. The molecule has 66 heavy (non-hydrogen) atoms. The van der Waals surface area contributed by atoms with E-state index < -0.39 is 0 Å². The van der Waals surface area contributed by atoms with Crippen molar-refractivity contribution in [3.8, 4) is 44.9 Å². The molecule has 0 radical (unpaired) electrons. The van der Waals surface area contributed by atoms with Gasteiger partial charge >= 0.3 is 0 Å². The lowest BCUT2D eigenvalue weighted by atomic mass is 9.88. The number of fused-ring (bicyclic) bond motifs is 13. The van der Waals surface area contributed by atoms with Crippen LogP contribution >= 0.6 is 0 Å². The maximum atomic E-state index is 6.06. The smallest absolute Gasteiger partial charge is 0.128 e. The highest BCUT2D eigenvalue weighted by Crippen LogP contribution is 2.48. The van der Waals surface area contributed by atoms with Gasteiger partial charge in [0, 0.05) is 29.2 Å². The summed E-state index contributed by atoms with van der Waals surface area (Å²) in [4.78, 5) is 11.1. The molecular weight excluding hydrogens is 805 g/mol. The van der Waals surface area contributed by atoms with Gasteiger partial charge in [0.1, 0.15) is 11.5 Å². The third kappa shape index (κ3) is 6.06. The van der Waals surface area contributed by atoms with Crippen LogP contribution in [-0.4, -0.2) is 25.6 Å². The fourth-order valence-corrected chi connectivity index (χ4v) is 10.7. The summed E-state index contributed by atoms with van der Waals surface area (Å²) >= 11 is 0. The van der Waals surface area contributed by atoms with Crippen molar-refractivity contribution in [3.05, 3.63) is 216 Å². The largest absolute Gasteiger partial charge is 0.497 e. The Morgan fingerprint density at radius 2 is 0.788 bits per heavy atom. The first-order valence-corrected chi connectivity index (χ1v) is 22.6. The molecule has 4 heteroatoms. The topological polar surface area (TPSA) is 43.2 Å². The van der Waals surface area contributed by atoms with E-state index in [4.69, 9.17) is 19.5 Å². The van der Waals surface area contributed by atoms with E-state index in [2.05, 4.69) is 182 Å². The van der Waals surface area contributed by atoms with Crippen molar-refractivity contribution in [1.29, 1.82) is 0 Å². The monoisotopic (exact) mass is 846 g/mol. The van der Waals surface area contributed by atoms with Crippen LogP contribution in [0, 0.1) is 0 Å². The summed E-state index contributed by atoms with van der Waals surface area (Å²) in [6.45, 7) is 0. The van der Waals surface area contributed by atoms with Crippen LogP contribution in [-0.2, 0) is 12.8 Å². The van der Waals surface area contributed by atoms with Gasteiger partial charge in [-0.2, -0.15) is 0 Å². The third-order valence-electron chi connectivity index (χ3n) is 13.9. The SMILES string of the molecule is COc1ccc(C2=Nc3c(c4cc(-c5ccccc5)ccc4c4ccc(-c5ccc6c(c5)c5c(c7cc(-c8ccccc8)ccc76)CC(c6c(OC)ccc7ccccc67)=N5)cc34)C2)cc1. The van der Waals surface area contributed by atoms with E-state index >= 15 is 0 Å². The van der Waals surface area contributed by atoms with E-state index in [1.165, 1.54) is 71.1 Å². The lowest BCUT2D eigenvalue weighted by molar-refractivity contribution is 0.414. The molecule has 0 fully saturated rings. The molecule has 0 saturated heterocycles. The molecule has 11 aromatic rings. The van der Waals surface area contributed by atoms with Crippen molar-refractivity contribution < 1.29 is 9.47 Å². The lowest BCUT2D eigenvalue weighted by Gasteiger charge is -2.15. The van der Waals surface area contributed by atoms with Crippen molar-refractivity contribution in [2.75, 3.05) is 14.2 Å². The average molecular weight is 847 g/mol. The minimum Gasteiger partial charge on any atom is -0.497 e. The summed E-state index contributed by atoms with van der Waals surface area (Å²) in [6, 6.07) is 70.2. The summed E-state index contributed by atoms with van der Waals surface area (Å²) in [5, 5.41) is 12.0. The van der Waals surface area contributed by atoms with Gasteiger partial charge in [0.25, 0.3) is 0 Å². The van der Waals surface area contributed by atoms with E-state index in [0.29, 0.717) is 6.42 Å². The zero-order valence-electron chi connectivity index (χ0n) is 36.6. The number of nitrogens with zero attached hydrogens (tertiary/aromatic N) is 2. The van der Waals surface area contributed by atoms with Crippen molar-refractivity contribution >= 4 is 76.7 Å². The quantitative estimate of drug-likeness (QED) is 0.150. The number of benzene rings is 11. The molecule has 0 amide bonds. The maximum Gasteiger partial charge on any atom is 0.128 e. The Labute approximate surface area is 382 Å². The number of hydrogen-bond donors (Lipinski definition) is 0. The first-order chi connectivity index (χ1) is 32.6. The van der Waals surface area contributed by atoms with Crippen LogP contribution in [0.3, 0.4) is 0 Å². The van der Waals surface area contributed by atoms with Crippen LogP contribution in [0.2, 0.25) is 0 Å². The molecular formula is C62H42N2O2. The van der Waals surface area contributed by atoms with E-state index in [1.54, 1.807) is 14.2 Å². The molecule has 2 aliphatic rings. The molecule has 0 aliphatic carbocycles. The van der Waals surface area contributed by atoms with Gasteiger partial charge < -0.3 is 9.47 Å². The second kappa shape index (κ2) is 15.1. The summed E-state index contributed by atoms with van der Waals surface area (Å²) in [5.74, 6) is 1.67. The molecule has 0 bridgehead atoms. The highest BCUT2D eigenvalue weighted by Gasteiger charge is 2.27. The van der Waals surface area contributed by atoms with Gasteiger partial charge in [0.05, 0.1) is 37.0 Å². The van der Waals surface area contributed by atoms with Crippen LogP contribution < -0.4 is 9.47 Å². The Bertz CT molecular complexity index is 3870. The molecule has 312 valence electrons. The number of ether oxygens (including phenoxy) is 2. The summed E-state index contributed by atoms with van der Waals surface area (Å²) < 4.78 is 11.6. The van der Waals surface area contributed by atoms with Crippen molar-refractivity contribution in [2.45, 2.75) is 12.8 Å². The Hall–Kier alpha value is -8.34. The minimum absolute atomic E-state index is 0.699. The molecule has 0 saturated carbocycles. The van der Waals surface area contributed by atoms with Crippen LogP contribution in [0.25, 0.3) is 87.2 Å². The fraction of sp³-hybridized carbons (Fsp3) is 0.0645. The van der Waals surface area contributed by atoms with Gasteiger partial charge in [-0.1, -0.05) is 140 Å². The van der Waals surface area contributed by atoms with Crippen LogP contribution in [0.4, 0.5) is 11.4 Å². The Morgan fingerprint density at radius 3 is 1.33 bits per heavy atom. The first-order valence-electron chi connectivity index (χ1n) is 22.6. The first kappa shape index (κ1) is 38.1. The molecule has 0 aromatic heterocycles. The van der Waals surface area contributed by atoms with Crippen LogP contribution in [0.15, 0.2) is 204 Å². The van der Waals surface area contributed by atoms with Crippen LogP contribution in [0.5, 0.6) is 11.5 Å². The molecule has 0 spiro atoms. The highest BCUT2D eigenvalue weighted by atomic mass is 16.5. The molecule has 0 unspecified atom stereocenters. The molecule has 11 aromatic carbocycles.